The van der Waals surface area contributed by atoms with Crippen molar-refractivity contribution >= 4 is 5.97 Å². The van der Waals surface area contributed by atoms with Crippen molar-refractivity contribution in [2.75, 3.05) is 26.7 Å². The highest BCUT2D eigenvalue weighted by molar-refractivity contribution is 5.75. The van der Waals surface area contributed by atoms with E-state index in [0.29, 0.717) is 12.0 Å². The second-order valence-electron chi connectivity index (χ2n) is 6.25. The summed E-state index contributed by atoms with van der Waals surface area (Å²) in [6, 6.07) is 0.456. The molecule has 0 saturated heterocycles. The third kappa shape index (κ3) is 5.80. The number of rotatable bonds is 9. The normalized spacial score (nSPS) is 17.9. The number of methoxy groups -OCH3 is 1. The van der Waals surface area contributed by atoms with Crippen LogP contribution in [0.3, 0.4) is 0 Å². The van der Waals surface area contributed by atoms with Crippen LogP contribution in [-0.2, 0) is 9.53 Å². The van der Waals surface area contributed by atoms with Crippen LogP contribution in [0, 0.1) is 5.92 Å². The molecule has 4 heteroatoms. The number of likely N-dealkylation sites (N-methyl/N-ethyl adjacent to an activating group) is 1. The number of hydrogen-bond donors (Lipinski definition) is 1. The van der Waals surface area contributed by atoms with Crippen molar-refractivity contribution in [1.29, 1.82) is 0 Å². The molecule has 1 atom stereocenters. The summed E-state index contributed by atoms with van der Waals surface area (Å²) >= 11 is 0. The molecule has 0 aliphatic heterocycles. The molecule has 1 fully saturated rings. The minimum absolute atomic E-state index is 0.139. The molecule has 4 nitrogen and oxygen atoms in total. The lowest BCUT2D eigenvalue weighted by atomic mass is 10.1. The summed E-state index contributed by atoms with van der Waals surface area (Å²) in [6.07, 6.45) is 6.40. The van der Waals surface area contributed by atoms with Crippen molar-refractivity contribution in [2.45, 2.75) is 65.0 Å². The molecule has 1 aliphatic rings. The van der Waals surface area contributed by atoms with Gasteiger partial charge in [0, 0.05) is 12.6 Å². The molecule has 0 heterocycles. The van der Waals surface area contributed by atoms with Crippen LogP contribution >= 0.6 is 0 Å². The van der Waals surface area contributed by atoms with E-state index < -0.39 is 0 Å². The van der Waals surface area contributed by atoms with Crippen molar-refractivity contribution in [1.82, 2.24) is 10.2 Å². The zero-order valence-corrected chi connectivity index (χ0v) is 13.7. The third-order valence-corrected chi connectivity index (χ3v) is 4.19. The molecule has 0 bridgehead atoms. The molecule has 118 valence electrons. The maximum Gasteiger partial charge on any atom is 0.324 e. The number of ether oxygens (including phenoxy) is 1. The van der Waals surface area contributed by atoms with Crippen LogP contribution in [0.15, 0.2) is 0 Å². The van der Waals surface area contributed by atoms with Crippen molar-refractivity contribution in [3.63, 3.8) is 0 Å². The van der Waals surface area contributed by atoms with Gasteiger partial charge in [0.1, 0.15) is 6.04 Å². The molecule has 1 N–H and O–H groups in total. The summed E-state index contributed by atoms with van der Waals surface area (Å²) in [6.45, 7) is 9.20. The highest BCUT2D eigenvalue weighted by atomic mass is 16.5. The second-order valence-corrected chi connectivity index (χ2v) is 6.25. The van der Waals surface area contributed by atoms with Crippen molar-refractivity contribution in [3.05, 3.63) is 0 Å². The Morgan fingerprint density at radius 3 is 2.50 bits per heavy atom. The fourth-order valence-corrected chi connectivity index (χ4v) is 2.96. The summed E-state index contributed by atoms with van der Waals surface area (Å²) in [7, 11) is 1.47. The fourth-order valence-electron chi connectivity index (χ4n) is 2.96. The Morgan fingerprint density at radius 2 is 2.00 bits per heavy atom. The Hall–Kier alpha value is -0.610. The maximum absolute atomic E-state index is 11.9. The Balaban J connectivity index is 2.61. The SMILES string of the molecule is CCNC(CN(CCC(C)C)C1CCCC1)C(=O)OC. The van der Waals surface area contributed by atoms with Gasteiger partial charge in [0.05, 0.1) is 7.11 Å². The first kappa shape index (κ1) is 17.4. The molecule has 0 aromatic heterocycles. The molecular weight excluding hydrogens is 252 g/mol. The van der Waals surface area contributed by atoms with Crippen LogP contribution in [0.4, 0.5) is 0 Å². The first-order valence-corrected chi connectivity index (χ1v) is 8.13. The van der Waals surface area contributed by atoms with Gasteiger partial charge in [-0.1, -0.05) is 33.6 Å². The van der Waals surface area contributed by atoms with Gasteiger partial charge in [0.2, 0.25) is 0 Å². The van der Waals surface area contributed by atoms with Gasteiger partial charge < -0.3 is 10.1 Å². The first-order chi connectivity index (χ1) is 9.58. The monoisotopic (exact) mass is 284 g/mol. The molecule has 1 rings (SSSR count). The Morgan fingerprint density at radius 1 is 1.35 bits per heavy atom. The number of hydrogen-bond acceptors (Lipinski definition) is 4. The van der Waals surface area contributed by atoms with Gasteiger partial charge in [0.25, 0.3) is 0 Å². The third-order valence-electron chi connectivity index (χ3n) is 4.19. The van der Waals surface area contributed by atoms with E-state index in [9.17, 15) is 4.79 Å². The molecule has 0 aromatic rings. The largest absolute Gasteiger partial charge is 0.468 e. The van der Waals surface area contributed by atoms with Crippen LogP contribution in [-0.4, -0.2) is 49.7 Å². The van der Waals surface area contributed by atoms with Crippen LogP contribution < -0.4 is 5.32 Å². The first-order valence-electron chi connectivity index (χ1n) is 8.13. The summed E-state index contributed by atoms with van der Waals surface area (Å²) < 4.78 is 4.93. The van der Waals surface area contributed by atoms with Crippen LogP contribution in [0.1, 0.15) is 52.9 Å². The van der Waals surface area contributed by atoms with E-state index in [4.69, 9.17) is 4.74 Å². The number of carbonyl (C=O) groups excluding carboxylic acids is 1. The average Bonchev–Trinajstić information content (AvgIpc) is 2.95. The smallest absolute Gasteiger partial charge is 0.324 e. The molecule has 0 radical (unpaired) electrons. The fraction of sp³-hybridized carbons (Fsp3) is 0.938. The van der Waals surface area contributed by atoms with Crippen LogP contribution in [0.25, 0.3) is 0 Å². The van der Waals surface area contributed by atoms with E-state index >= 15 is 0 Å². The topological polar surface area (TPSA) is 41.6 Å². The molecule has 0 amide bonds. The quantitative estimate of drug-likeness (QED) is 0.660. The molecule has 0 spiro atoms. The highest BCUT2D eigenvalue weighted by Crippen LogP contribution is 2.24. The molecule has 1 unspecified atom stereocenters. The zero-order chi connectivity index (χ0) is 15.0. The van der Waals surface area contributed by atoms with Gasteiger partial charge >= 0.3 is 5.97 Å². The number of esters is 1. The van der Waals surface area contributed by atoms with Crippen molar-refractivity contribution in [2.24, 2.45) is 5.92 Å². The van der Waals surface area contributed by atoms with E-state index in [2.05, 4.69) is 24.1 Å². The number of nitrogens with one attached hydrogen (secondary N) is 1. The second kappa shape index (κ2) is 9.35. The highest BCUT2D eigenvalue weighted by Gasteiger charge is 2.27. The maximum atomic E-state index is 11.9. The van der Waals surface area contributed by atoms with E-state index in [-0.39, 0.29) is 12.0 Å². The van der Waals surface area contributed by atoms with Gasteiger partial charge in [-0.2, -0.15) is 0 Å². The van der Waals surface area contributed by atoms with Gasteiger partial charge in [-0.3, -0.25) is 9.69 Å². The number of carbonyl (C=O) groups is 1. The molecule has 1 saturated carbocycles. The minimum atomic E-state index is -0.197. The van der Waals surface area contributed by atoms with Crippen LogP contribution in [0.2, 0.25) is 0 Å². The van der Waals surface area contributed by atoms with Gasteiger partial charge in [-0.05, 0) is 38.3 Å². The van der Waals surface area contributed by atoms with Crippen LogP contribution in [0.5, 0.6) is 0 Å². The molecular formula is C16H32N2O2. The molecule has 0 aromatic carbocycles. The lowest BCUT2D eigenvalue weighted by molar-refractivity contribution is -0.143. The van der Waals surface area contributed by atoms with Gasteiger partial charge in [0.15, 0.2) is 0 Å². The predicted molar refractivity (Wildman–Crippen MR) is 82.8 cm³/mol. The number of nitrogens with zero attached hydrogens (tertiary/aromatic N) is 1. The lowest BCUT2D eigenvalue weighted by Gasteiger charge is -2.32. The van der Waals surface area contributed by atoms with E-state index in [1.807, 2.05) is 6.92 Å². The van der Waals surface area contributed by atoms with E-state index in [1.54, 1.807) is 0 Å². The van der Waals surface area contributed by atoms with E-state index in [1.165, 1.54) is 39.2 Å². The average molecular weight is 284 g/mol. The van der Waals surface area contributed by atoms with Gasteiger partial charge in [-0.25, -0.2) is 0 Å². The zero-order valence-electron chi connectivity index (χ0n) is 13.7. The lowest BCUT2D eigenvalue weighted by Crippen LogP contribution is -2.49. The Bertz CT molecular complexity index is 276. The summed E-state index contributed by atoms with van der Waals surface area (Å²) in [5.41, 5.74) is 0. The molecule has 1 aliphatic carbocycles. The van der Waals surface area contributed by atoms with Crippen molar-refractivity contribution < 1.29 is 9.53 Å². The standard InChI is InChI=1S/C16H32N2O2/c1-5-17-15(16(19)20-4)12-18(11-10-13(2)3)14-8-6-7-9-14/h13-15,17H,5-12H2,1-4H3. The summed E-state index contributed by atoms with van der Waals surface area (Å²) in [4.78, 5) is 14.4. The minimum Gasteiger partial charge on any atom is -0.468 e. The Labute approximate surface area is 124 Å². The predicted octanol–water partition coefficient (Wildman–Crippen LogP) is 2.43. The van der Waals surface area contributed by atoms with Crippen molar-refractivity contribution in [3.8, 4) is 0 Å². The Kier molecular flexibility index (Phi) is 8.15. The summed E-state index contributed by atoms with van der Waals surface area (Å²) in [5.74, 6) is 0.564. The van der Waals surface area contributed by atoms with Gasteiger partial charge in [-0.15, -0.1) is 0 Å². The summed E-state index contributed by atoms with van der Waals surface area (Å²) in [5, 5.41) is 3.26. The van der Waals surface area contributed by atoms with E-state index in [0.717, 1.165) is 19.6 Å². The molecule has 20 heavy (non-hydrogen) atoms.